The van der Waals surface area contributed by atoms with E-state index >= 15 is 0 Å². The fourth-order valence-electron chi connectivity index (χ4n) is 6.43. The lowest BCUT2D eigenvalue weighted by Gasteiger charge is -2.57. The summed E-state index contributed by atoms with van der Waals surface area (Å²) in [6.45, 7) is 9.55. The summed E-state index contributed by atoms with van der Waals surface area (Å²) < 4.78 is 5.51. The summed E-state index contributed by atoms with van der Waals surface area (Å²) in [6.07, 6.45) is 7.13. The Morgan fingerprint density at radius 1 is 0.962 bits per heavy atom. The van der Waals surface area contributed by atoms with Crippen molar-refractivity contribution in [3.8, 4) is 0 Å². The van der Waals surface area contributed by atoms with Gasteiger partial charge < -0.3 is 14.5 Å². The number of carbonyl (C=O) groups is 2. The van der Waals surface area contributed by atoms with Crippen LogP contribution in [0.4, 0.5) is 4.79 Å². The van der Waals surface area contributed by atoms with E-state index in [-0.39, 0.29) is 17.6 Å². The quantitative estimate of drug-likeness (QED) is 0.715. The van der Waals surface area contributed by atoms with E-state index in [4.69, 9.17) is 4.74 Å². The summed E-state index contributed by atoms with van der Waals surface area (Å²) >= 11 is 0. The highest BCUT2D eigenvalue weighted by molar-refractivity contribution is 5.84. The van der Waals surface area contributed by atoms with Gasteiger partial charge in [-0.1, -0.05) is 0 Å². The molecule has 5 fully saturated rings. The topological polar surface area (TPSA) is 49.9 Å². The summed E-state index contributed by atoms with van der Waals surface area (Å²) in [6, 6.07) is 0.0665. The minimum atomic E-state index is -0.480. The van der Waals surface area contributed by atoms with Gasteiger partial charge in [-0.15, -0.1) is 0 Å². The predicted molar refractivity (Wildman–Crippen MR) is 99.6 cm³/mol. The molecule has 5 heteroatoms. The molecule has 26 heavy (non-hydrogen) atoms. The van der Waals surface area contributed by atoms with Crippen molar-refractivity contribution in [1.29, 1.82) is 0 Å². The maximum Gasteiger partial charge on any atom is 0.410 e. The molecule has 1 saturated heterocycles. The third kappa shape index (κ3) is 3.22. The van der Waals surface area contributed by atoms with E-state index < -0.39 is 5.60 Å². The van der Waals surface area contributed by atoms with Gasteiger partial charge in [0.1, 0.15) is 5.60 Å². The monoisotopic (exact) mass is 362 g/mol. The van der Waals surface area contributed by atoms with Crippen molar-refractivity contribution in [2.75, 3.05) is 19.6 Å². The van der Waals surface area contributed by atoms with E-state index in [1.165, 1.54) is 19.3 Å². The second-order valence-electron chi connectivity index (χ2n) is 10.5. The van der Waals surface area contributed by atoms with Crippen LogP contribution in [0.2, 0.25) is 0 Å². The first-order valence-corrected chi connectivity index (χ1v) is 10.4. The Hall–Kier alpha value is -1.26. The van der Waals surface area contributed by atoms with Crippen LogP contribution in [-0.2, 0) is 9.53 Å². The van der Waals surface area contributed by atoms with Crippen LogP contribution >= 0.6 is 0 Å². The van der Waals surface area contributed by atoms with E-state index in [0.29, 0.717) is 25.5 Å². The maximum atomic E-state index is 13.6. The molecule has 5 nitrogen and oxygen atoms in total. The van der Waals surface area contributed by atoms with E-state index in [2.05, 4.69) is 11.8 Å². The molecule has 4 saturated carbocycles. The number of ether oxygens (including phenoxy) is 1. The number of piperazine rings is 1. The Balaban J connectivity index is 1.42. The first-order chi connectivity index (χ1) is 12.2. The average Bonchev–Trinajstić information content (AvgIpc) is 2.51. The van der Waals surface area contributed by atoms with Crippen molar-refractivity contribution < 1.29 is 14.3 Å². The SMILES string of the molecule is C[C@@H]1CN(C(=O)OC(C)(C)C)CCN1C(=O)C12CC3CC(CC(C3)C1)C2. The zero-order valence-corrected chi connectivity index (χ0v) is 16.8. The minimum absolute atomic E-state index is 0.0665. The summed E-state index contributed by atoms with van der Waals surface area (Å²) in [5.41, 5.74) is -0.566. The molecule has 5 aliphatic rings. The second-order valence-corrected chi connectivity index (χ2v) is 10.5. The minimum Gasteiger partial charge on any atom is -0.444 e. The van der Waals surface area contributed by atoms with Crippen LogP contribution in [0, 0.1) is 23.2 Å². The van der Waals surface area contributed by atoms with Crippen LogP contribution < -0.4 is 0 Å². The Kier molecular flexibility index (Phi) is 4.27. The lowest BCUT2D eigenvalue weighted by molar-refractivity contribution is -0.162. The average molecular weight is 363 g/mol. The van der Waals surface area contributed by atoms with E-state index in [1.54, 1.807) is 4.90 Å². The number of carbonyl (C=O) groups excluding carboxylic acids is 2. The first-order valence-electron chi connectivity index (χ1n) is 10.4. The number of rotatable bonds is 1. The van der Waals surface area contributed by atoms with E-state index in [9.17, 15) is 9.59 Å². The van der Waals surface area contributed by atoms with Gasteiger partial charge in [0.25, 0.3) is 0 Å². The molecular weight excluding hydrogens is 328 g/mol. The summed E-state index contributed by atoms with van der Waals surface area (Å²) in [5, 5.41) is 0. The molecule has 0 N–H and O–H groups in total. The molecule has 4 bridgehead atoms. The fraction of sp³-hybridized carbons (Fsp3) is 0.905. The third-order valence-corrected chi connectivity index (χ3v) is 7.03. The first kappa shape index (κ1) is 18.1. The summed E-state index contributed by atoms with van der Waals surface area (Å²) in [7, 11) is 0. The van der Waals surface area contributed by atoms with Crippen LogP contribution in [0.25, 0.3) is 0 Å². The molecule has 1 atom stereocenters. The standard InChI is InChI=1S/C21H34N2O3/c1-14-13-22(19(25)26-20(2,3)4)5-6-23(14)18(24)21-10-15-7-16(11-21)9-17(8-15)12-21/h14-17H,5-13H2,1-4H3/t14-,15?,16?,17?,21?/m1/s1. The van der Waals surface area contributed by atoms with Gasteiger partial charge in [0.15, 0.2) is 0 Å². The lowest BCUT2D eigenvalue weighted by Crippen LogP contribution is -2.61. The maximum absolute atomic E-state index is 13.6. The molecule has 0 aromatic rings. The highest BCUT2D eigenvalue weighted by Gasteiger charge is 2.56. The van der Waals surface area contributed by atoms with Gasteiger partial charge >= 0.3 is 6.09 Å². The highest BCUT2D eigenvalue weighted by Crippen LogP contribution is 2.60. The lowest BCUT2D eigenvalue weighted by atomic mass is 9.49. The molecule has 4 aliphatic carbocycles. The molecule has 1 heterocycles. The molecule has 0 aromatic heterocycles. The van der Waals surface area contributed by atoms with Crippen LogP contribution in [-0.4, -0.2) is 53.1 Å². The zero-order chi connectivity index (χ0) is 18.7. The molecule has 0 aromatic carbocycles. The fourth-order valence-corrected chi connectivity index (χ4v) is 6.43. The molecule has 146 valence electrons. The normalized spacial score (nSPS) is 39.2. The van der Waals surface area contributed by atoms with E-state index in [0.717, 1.165) is 37.0 Å². The number of hydrogen-bond acceptors (Lipinski definition) is 3. The van der Waals surface area contributed by atoms with E-state index in [1.807, 2.05) is 20.8 Å². The number of hydrogen-bond donors (Lipinski definition) is 0. The molecule has 5 rings (SSSR count). The van der Waals surface area contributed by atoms with Gasteiger partial charge in [-0.25, -0.2) is 4.79 Å². The van der Waals surface area contributed by atoms with Crippen LogP contribution in [0.3, 0.4) is 0 Å². The van der Waals surface area contributed by atoms with Gasteiger partial charge in [0.2, 0.25) is 5.91 Å². The van der Waals surface area contributed by atoms with Gasteiger partial charge in [0.05, 0.1) is 5.41 Å². The molecule has 0 unspecified atom stereocenters. The molecule has 0 radical (unpaired) electrons. The van der Waals surface area contributed by atoms with Crippen molar-refractivity contribution in [1.82, 2.24) is 9.80 Å². The van der Waals surface area contributed by atoms with Crippen molar-refractivity contribution in [2.24, 2.45) is 23.2 Å². The smallest absolute Gasteiger partial charge is 0.410 e. The van der Waals surface area contributed by atoms with Crippen LogP contribution in [0.15, 0.2) is 0 Å². The summed E-state index contributed by atoms with van der Waals surface area (Å²) in [5.74, 6) is 2.73. The van der Waals surface area contributed by atoms with Gasteiger partial charge in [-0.05, 0) is 84.0 Å². The zero-order valence-electron chi connectivity index (χ0n) is 16.8. The van der Waals surface area contributed by atoms with Crippen molar-refractivity contribution in [3.05, 3.63) is 0 Å². The predicted octanol–water partition coefficient (Wildman–Crippen LogP) is 3.67. The second kappa shape index (κ2) is 6.13. The number of amides is 2. The molecule has 2 amide bonds. The highest BCUT2D eigenvalue weighted by atomic mass is 16.6. The van der Waals surface area contributed by atoms with Gasteiger partial charge in [-0.3, -0.25) is 4.79 Å². The Morgan fingerprint density at radius 2 is 1.50 bits per heavy atom. The van der Waals surface area contributed by atoms with Crippen molar-refractivity contribution in [3.63, 3.8) is 0 Å². The molecular formula is C21H34N2O3. The van der Waals surface area contributed by atoms with Crippen molar-refractivity contribution >= 4 is 12.0 Å². The van der Waals surface area contributed by atoms with Crippen LogP contribution in [0.1, 0.15) is 66.2 Å². The Labute approximate surface area is 157 Å². The molecule has 0 spiro atoms. The van der Waals surface area contributed by atoms with Gasteiger partial charge in [-0.2, -0.15) is 0 Å². The molecule has 1 aliphatic heterocycles. The van der Waals surface area contributed by atoms with Crippen molar-refractivity contribution in [2.45, 2.75) is 77.9 Å². The van der Waals surface area contributed by atoms with Gasteiger partial charge in [0, 0.05) is 25.7 Å². The summed E-state index contributed by atoms with van der Waals surface area (Å²) in [4.78, 5) is 29.8. The number of nitrogens with zero attached hydrogens (tertiary/aromatic N) is 2. The largest absolute Gasteiger partial charge is 0.444 e. The van der Waals surface area contributed by atoms with Crippen LogP contribution in [0.5, 0.6) is 0 Å². The Morgan fingerprint density at radius 3 is 1.96 bits per heavy atom. The Bertz CT molecular complexity index is 559. The third-order valence-electron chi connectivity index (χ3n) is 7.03.